The standard InChI is InChI=1S/C16H19NO3S/c1-12-3-4-13(9-10-17)11-16(12)20-14-5-7-15(8-6-14)21(2,18)19/h3-8,11H,9-10,17H2,1-2H3. The van der Waals surface area contributed by atoms with Gasteiger partial charge in [0.15, 0.2) is 9.84 Å². The van der Waals surface area contributed by atoms with E-state index in [0.29, 0.717) is 12.3 Å². The second-order valence-electron chi connectivity index (χ2n) is 4.98. The minimum Gasteiger partial charge on any atom is -0.457 e. The molecule has 0 bridgehead atoms. The van der Waals surface area contributed by atoms with E-state index in [-0.39, 0.29) is 4.90 Å². The fourth-order valence-electron chi connectivity index (χ4n) is 1.96. The molecule has 4 nitrogen and oxygen atoms in total. The molecule has 2 aromatic rings. The van der Waals surface area contributed by atoms with E-state index >= 15 is 0 Å². The first-order valence-electron chi connectivity index (χ1n) is 6.68. The maximum atomic E-state index is 11.4. The first kappa shape index (κ1) is 15.5. The number of rotatable bonds is 5. The van der Waals surface area contributed by atoms with Gasteiger partial charge in [0.05, 0.1) is 4.90 Å². The predicted octanol–water partition coefficient (Wildman–Crippen LogP) is 2.69. The molecule has 2 aromatic carbocycles. The summed E-state index contributed by atoms with van der Waals surface area (Å²) >= 11 is 0. The average Bonchev–Trinajstić information content (AvgIpc) is 2.42. The van der Waals surface area contributed by atoms with Crippen LogP contribution in [0.3, 0.4) is 0 Å². The van der Waals surface area contributed by atoms with Crippen LogP contribution in [0.1, 0.15) is 11.1 Å². The van der Waals surface area contributed by atoms with Crippen LogP contribution in [0.2, 0.25) is 0 Å². The largest absolute Gasteiger partial charge is 0.457 e. The maximum absolute atomic E-state index is 11.4. The van der Waals surface area contributed by atoms with Crippen molar-refractivity contribution < 1.29 is 13.2 Å². The van der Waals surface area contributed by atoms with Crippen LogP contribution in [-0.2, 0) is 16.3 Å². The summed E-state index contributed by atoms with van der Waals surface area (Å²) in [5, 5.41) is 0. The van der Waals surface area contributed by atoms with Crippen molar-refractivity contribution in [3.8, 4) is 11.5 Å². The van der Waals surface area contributed by atoms with Gasteiger partial charge >= 0.3 is 0 Å². The number of hydrogen-bond donors (Lipinski definition) is 1. The summed E-state index contributed by atoms with van der Waals surface area (Å²) in [7, 11) is -3.18. The van der Waals surface area contributed by atoms with E-state index in [4.69, 9.17) is 10.5 Å². The molecule has 5 heteroatoms. The van der Waals surface area contributed by atoms with Gasteiger partial charge in [-0.1, -0.05) is 12.1 Å². The van der Waals surface area contributed by atoms with Crippen LogP contribution < -0.4 is 10.5 Å². The minimum atomic E-state index is -3.18. The van der Waals surface area contributed by atoms with Crippen LogP contribution in [0.4, 0.5) is 0 Å². The van der Waals surface area contributed by atoms with E-state index in [9.17, 15) is 8.42 Å². The SMILES string of the molecule is Cc1ccc(CCN)cc1Oc1ccc(S(C)(=O)=O)cc1. The highest BCUT2D eigenvalue weighted by molar-refractivity contribution is 7.90. The molecule has 0 atom stereocenters. The van der Waals surface area contributed by atoms with Crippen LogP contribution >= 0.6 is 0 Å². The quantitative estimate of drug-likeness (QED) is 0.922. The van der Waals surface area contributed by atoms with Crippen LogP contribution in [0.15, 0.2) is 47.4 Å². The Hall–Kier alpha value is -1.85. The van der Waals surface area contributed by atoms with Crippen LogP contribution in [0, 0.1) is 6.92 Å². The third kappa shape index (κ3) is 4.06. The molecule has 0 aliphatic rings. The van der Waals surface area contributed by atoms with Gasteiger partial charge in [-0.05, 0) is 61.3 Å². The van der Waals surface area contributed by atoms with E-state index in [1.54, 1.807) is 24.3 Å². The van der Waals surface area contributed by atoms with Crippen LogP contribution in [0.5, 0.6) is 11.5 Å². The molecule has 112 valence electrons. The van der Waals surface area contributed by atoms with Gasteiger partial charge in [0.1, 0.15) is 11.5 Å². The lowest BCUT2D eigenvalue weighted by atomic mass is 10.1. The van der Waals surface area contributed by atoms with Crippen molar-refractivity contribution in [2.45, 2.75) is 18.2 Å². The Labute approximate surface area is 125 Å². The van der Waals surface area contributed by atoms with Crippen molar-refractivity contribution in [2.24, 2.45) is 5.73 Å². The summed E-state index contributed by atoms with van der Waals surface area (Å²) in [6.07, 6.45) is 1.98. The molecule has 0 aromatic heterocycles. The zero-order valence-corrected chi connectivity index (χ0v) is 13.0. The highest BCUT2D eigenvalue weighted by atomic mass is 32.2. The Balaban J connectivity index is 2.23. The van der Waals surface area contributed by atoms with Gasteiger partial charge in [-0.2, -0.15) is 0 Å². The number of hydrogen-bond acceptors (Lipinski definition) is 4. The van der Waals surface area contributed by atoms with Crippen molar-refractivity contribution in [3.05, 3.63) is 53.6 Å². The van der Waals surface area contributed by atoms with Gasteiger partial charge < -0.3 is 10.5 Å². The lowest BCUT2D eigenvalue weighted by Crippen LogP contribution is -2.03. The molecule has 0 aliphatic heterocycles. The Morgan fingerprint density at radius 3 is 2.33 bits per heavy atom. The number of benzene rings is 2. The number of sulfone groups is 1. The number of ether oxygens (including phenoxy) is 1. The summed E-state index contributed by atoms with van der Waals surface area (Å²) < 4.78 is 28.7. The first-order valence-corrected chi connectivity index (χ1v) is 8.57. The lowest BCUT2D eigenvalue weighted by Gasteiger charge is -2.11. The summed E-state index contributed by atoms with van der Waals surface area (Å²) in [5.74, 6) is 1.36. The fraction of sp³-hybridized carbons (Fsp3) is 0.250. The predicted molar refractivity (Wildman–Crippen MR) is 83.6 cm³/mol. The highest BCUT2D eigenvalue weighted by Crippen LogP contribution is 2.27. The summed E-state index contributed by atoms with van der Waals surface area (Å²) in [5.41, 5.74) is 7.69. The number of nitrogens with two attached hydrogens (primary N) is 1. The van der Waals surface area contributed by atoms with E-state index in [1.807, 2.05) is 25.1 Å². The molecule has 0 unspecified atom stereocenters. The molecule has 0 saturated carbocycles. The van der Waals surface area contributed by atoms with Gasteiger partial charge in [0, 0.05) is 6.26 Å². The number of aryl methyl sites for hydroxylation is 1. The van der Waals surface area contributed by atoms with Crippen molar-refractivity contribution >= 4 is 9.84 Å². The Kier molecular flexibility index (Phi) is 4.65. The van der Waals surface area contributed by atoms with Gasteiger partial charge in [0.2, 0.25) is 0 Å². The van der Waals surface area contributed by atoms with Gasteiger partial charge in [0.25, 0.3) is 0 Å². The summed E-state index contributed by atoms with van der Waals surface area (Å²) in [4.78, 5) is 0.281. The third-order valence-electron chi connectivity index (χ3n) is 3.17. The molecule has 21 heavy (non-hydrogen) atoms. The van der Waals surface area contributed by atoms with Crippen molar-refractivity contribution in [2.75, 3.05) is 12.8 Å². The second kappa shape index (κ2) is 6.28. The van der Waals surface area contributed by atoms with E-state index in [0.717, 1.165) is 23.3 Å². The van der Waals surface area contributed by atoms with Gasteiger partial charge in [-0.3, -0.25) is 0 Å². The smallest absolute Gasteiger partial charge is 0.175 e. The fourth-order valence-corrected chi connectivity index (χ4v) is 2.59. The van der Waals surface area contributed by atoms with E-state index in [2.05, 4.69) is 0 Å². The van der Waals surface area contributed by atoms with Crippen LogP contribution in [0.25, 0.3) is 0 Å². The molecule has 0 heterocycles. The molecular weight excluding hydrogens is 286 g/mol. The monoisotopic (exact) mass is 305 g/mol. The minimum absolute atomic E-state index is 0.281. The molecule has 0 spiro atoms. The molecular formula is C16H19NO3S. The van der Waals surface area contributed by atoms with Crippen molar-refractivity contribution in [1.82, 2.24) is 0 Å². The molecule has 0 saturated heterocycles. The van der Waals surface area contributed by atoms with Crippen LogP contribution in [-0.4, -0.2) is 21.2 Å². The molecule has 0 fully saturated rings. The molecule has 2 rings (SSSR count). The van der Waals surface area contributed by atoms with E-state index in [1.165, 1.54) is 6.26 Å². The maximum Gasteiger partial charge on any atom is 0.175 e. The van der Waals surface area contributed by atoms with Gasteiger partial charge in [-0.25, -0.2) is 8.42 Å². The second-order valence-corrected chi connectivity index (χ2v) is 7.00. The molecule has 0 aliphatic carbocycles. The zero-order valence-electron chi connectivity index (χ0n) is 12.2. The summed E-state index contributed by atoms with van der Waals surface area (Å²) in [6, 6.07) is 12.4. The highest BCUT2D eigenvalue weighted by Gasteiger charge is 2.08. The Morgan fingerprint density at radius 2 is 1.76 bits per heavy atom. The first-order chi connectivity index (χ1) is 9.90. The van der Waals surface area contributed by atoms with E-state index < -0.39 is 9.84 Å². The Bertz CT molecular complexity index is 722. The molecule has 2 N–H and O–H groups in total. The molecule has 0 radical (unpaired) electrons. The molecule has 0 amide bonds. The van der Waals surface area contributed by atoms with Crippen molar-refractivity contribution in [1.29, 1.82) is 0 Å². The normalized spacial score (nSPS) is 11.4. The topological polar surface area (TPSA) is 69.4 Å². The third-order valence-corrected chi connectivity index (χ3v) is 4.29. The van der Waals surface area contributed by atoms with Crippen molar-refractivity contribution in [3.63, 3.8) is 0 Å². The van der Waals surface area contributed by atoms with Gasteiger partial charge in [-0.15, -0.1) is 0 Å². The summed E-state index contributed by atoms with van der Waals surface area (Å²) in [6.45, 7) is 2.55. The lowest BCUT2D eigenvalue weighted by molar-refractivity contribution is 0.477. The Morgan fingerprint density at radius 1 is 1.10 bits per heavy atom. The average molecular weight is 305 g/mol. The zero-order chi connectivity index (χ0) is 15.5.